The van der Waals surface area contributed by atoms with E-state index in [0.29, 0.717) is 18.0 Å². The summed E-state index contributed by atoms with van der Waals surface area (Å²) in [7, 11) is 0. The van der Waals surface area contributed by atoms with Gasteiger partial charge in [0.05, 0.1) is 5.69 Å². The standard InChI is InChI=1S/C22H33N5/c1-3-12-27-15-19(17(2)25-27)14-26-13-11-22-20(16-26)21(23-24-22)10-9-18-7-5-4-6-8-18/h4-8,15,20-24H,3,9-14,16H2,1-2H3. The number of piperidine rings is 1. The molecule has 3 atom stereocenters. The fourth-order valence-electron chi connectivity index (χ4n) is 4.66. The van der Waals surface area contributed by atoms with Crippen molar-refractivity contribution in [2.45, 2.75) is 64.7 Å². The minimum absolute atomic E-state index is 0.557. The molecule has 4 rings (SSSR count). The lowest BCUT2D eigenvalue weighted by atomic mass is 9.85. The first kappa shape index (κ1) is 18.7. The van der Waals surface area contributed by atoms with Crippen LogP contribution in [0.4, 0.5) is 0 Å². The van der Waals surface area contributed by atoms with Gasteiger partial charge in [-0.15, -0.1) is 0 Å². The van der Waals surface area contributed by atoms with E-state index in [2.05, 4.69) is 75.9 Å². The SMILES string of the molecule is CCCn1cc(CN2CCC3NNC(CCc4ccccc4)C3C2)c(C)n1. The summed E-state index contributed by atoms with van der Waals surface area (Å²) in [5, 5.41) is 4.68. The molecule has 2 saturated heterocycles. The predicted molar refractivity (Wildman–Crippen MR) is 109 cm³/mol. The number of likely N-dealkylation sites (tertiary alicyclic amines) is 1. The molecule has 2 aliphatic heterocycles. The van der Waals surface area contributed by atoms with Crippen molar-refractivity contribution in [3.63, 3.8) is 0 Å². The highest BCUT2D eigenvalue weighted by molar-refractivity contribution is 5.16. The molecule has 0 amide bonds. The van der Waals surface area contributed by atoms with Gasteiger partial charge in [0.2, 0.25) is 0 Å². The number of nitrogens with zero attached hydrogens (tertiary/aromatic N) is 3. The second-order valence-electron chi connectivity index (χ2n) is 8.22. The number of hydrogen-bond donors (Lipinski definition) is 2. The van der Waals surface area contributed by atoms with Gasteiger partial charge in [-0.3, -0.25) is 20.4 Å². The molecule has 0 radical (unpaired) electrons. The Morgan fingerprint density at radius 3 is 2.85 bits per heavy atom. The van der Waals surface area contributed by atoms with Crippen LogP contribution < -0.4 is 10.9 Å². The smallest absolute Gasteiger partial charge is 0.0638 e. The van der Waals surface area contributed by atoms with Crippen molar-refractivity contribution < 1.29 is 0 Å². The third kappa shape index (κ3) is 4.42. The highest BCUT2D eigenvalue weighted by Gasteiger charge is 2.39. The summed E-state index contributed by atoms with van der Waals surface area (Å²) in [5.74, 6) is 0.688. The normalized spacial score (nSPS) is 25.6. The highest BCUT2D eigenvalue weighted by Crippen LogP contribution is 2.28. The Bertz CT molecular complexity index is 726. The van der Waals surface area contributed by atoms with Crippen LogP contribution in [0, 0.1) is 12.8 Å². The number of nitrogens with one attached hydrogen (secondary N) is 2. The summed E-state index contributed by atoms with van der Waals surface area (Å²) < 4.78 is 2.11. The van der Waals surface area contributed by atoms with Crippen LogP contribution in [0.15, 0.2) is 36.5 Å². The molecule has 3 heterocycles. The Kier molecular flexibility index (Phi) is 5.91. The molecular weight excluding hydrogens is 334 g/mol. The van der Waals surface area contributed by atoms with E-state index in [1.807, 2.05) is 0 Å². The maximum atomic E-state index is 4.68. The van der Waals surface area contributed by atoms with Crippen molar-refractivity contribution in [1.82, 2.24) is 25.5 Å². The lowest BCUT2D eigenvalue weighted by Crippen LogP contribution is -2.46. The van der Waals surface area contributed by atoms with Crippen LogP contribution in [0.25, 0.3) is 0 Å². The van der Waals surface area contributed by atoms with E-state index in [9.17, 15) is 0 Å². The molecule has 0 saturated carbocycles. The minimum atomic E-state index is 0.557. The maximum Gasteiger partial charge on any atom is 0.0638 e. The van der Waals surface area contributed by atoms with Gasteiger partial charge in [0.1, 0.15) is 0 Å². The van der Waals surface area contributed by atoms with Crippen LogP contribution in [0.5, 0.6) is 0 Å². The zero-order chi connectivity index (χ0) is 18.6. The van der Waals surface area contributed by atoms with Crippen molar-refractivity contribution >= 4 is 0 Å². The fourth-order valence-corrected chi connectivity index (χ4v) is 4.66. The Labute approximate surface area is 163 Å². The van der Waals surface area contributed by atoms with Gasteiger partial charge in [-0.1, -0.05) is 37.3 Å². The first-order valence-electron chi connectivity index (χ1n) is 10.5. The van der Waals surface area contributed by atoms with E-state index in [4.69, 9.17) is 0 Å². The van der Waals surface area contributed by atoms with Gasteiger partial charge < -0.3 is 0 Å². The predicted octanol–water partition coefficient (Wildman–Crippen LogP) is 2.90. The van der Waals surface area contributed by atoms with Crippen LogP contribution >= 0.6 is 0 Å². The molecule has 0 spiro atoms. The average molecular weight is 368 g/mol. The number of fused-ring (bicyclic) bond motifs is 1. The lowest BCUT2D eigenvalue weighted by Gasteiger charge is -2.36. The molecule has 1 aromatic heterocycles. The Hall–Kier alpha value is -1.69. The highest BCUT2D eigenvalue weighted by atomic mass is 15.4. The van der Waals surface area contributed by atoms with Crippen molar-refractivity contribution in [2.75, 3.05) is 13.1 Å². The molecule has 27 heavy (non-hydrogen) atoms. The molecule has 2 N–H and O–H groups in total. The van der Waals surface area contributed by atoms with E-state index >= 15 is 0 Å². The lowest BCUT2D eigenvalue weighted by molar-refractivity contribution is 0.146. The molecule has 3 unspecified atom stereocenters. The van der Waals surface area contributed by atoms with Crippen molar-refractivity contribution in [2.24, 2.45) is 5.92 Å². The maximum absolute atomic E-state index is 4.68. The van der Waals surface area contributed by atoms with Crippen LogP contribution in [-0.4, -0.2) is 39.9 Å². The van der Waals surface area contributed by atoms with Gasteiger partial charge in [-0.2, -0.15) is 5.10 Å². The third-order valence-corrected chi connectivity index (χ3v) is 6.19. The van der Waals surface area contributed by atoms with Crippen LogP contribution in [0.3, 0.4) is 0 Å². The minimum Gasteiger partial charge on any atom is -0.298 e. The molecule has 5 nitrogen and oxygen atoms in total. The summed E-state index contributed by atoms with van der Waals surface area (Å²) in [6.07, 6.45) is 6.95. The molecule has 146 valence electrons. The van der Waals surface area contributed by atoms with E-state index in [0.717, 1.165) is 25.9 Å². The number of aryl methyl sites for hydroxylation is 3. The number of aromatic nitrogens is 2. The number of hydrazine groups is 1. The quantitative estimate of drug-likeness (QED) is 0.790. The van der Waals surface area contributed by atoms with Gasteiger partial charge in [0.25, 0.3) is 0 Å². The van der Waals surface area contributed by atoms with Crippen LogP contribution in [0.1, 0.15) is 43.0 Å². The van der Waals surface area contributed by atoms with Gasteiger partial charge in [0, 0.05) is 55.9 Å². The summed E-state index contributed by atoms with van der Waals surface area (Å²) in [6.45, 7) is 8.74. The zero-order valence-corrected chi connectivity index (χ0v) is 16.7. The van der Waals surface area contributed by atoms with Gasteiger partial charge in [0.15, 0.2) is 0 Å². The summed E-state index contributed by atoms with van der Waals surface area (Å²) in [4.78, 5) is 2.63. The third-order valence-electron chi connectivity index (χ3n) is 6.19. The Morgan fingerprint density at radius 2 is 2.04 bits per heavy atom. The molecule has 0 bridgehead atoms. The fraction of sp³-hybridized carbons (Fsp3) is 0.591. The van der Waals surface area contributed by atoms with Gasteiger partial charge >= 0.3 is 0 Å². The van der Waals surface area contributed by atoms with Crippen molar-refractivity contribution in [3.8, 4) is 0 Å². The van der Waals surface area contributed by atoms with E-state index in [1.54, 1.807) is 0 Å². The number of rotatable bonds is 7. The molecule has 2 fully saturated rings. The van der Waals surface area contributed by atoms with E-state index in [1.165, 1.54) is 42.8 Å². The number of hydrogen-bond acceptors (Lipinski definition) is 4. The Balaban J connectivity index is 1.35. The van der Waals surface area contributed by atoms with Crippen molar-refractivity contribution in [1.29, 1.82) is 0 Å². The topological polar surface area (TPSA) is 45.1 Å². The van der Waals surface area contributed by atoms with Gasteiger partial charge in [-0.25, -0.2) is 0 Å². The van der Waals surface area contributed by atoms with E-state index < -0.39 is 0 Å². The first-order valence-corrected chi connectivity index (χ1v) is 10.5. The van der Waals surface area contributed by atoms with Gasteiger partial charge in [-0.05, 0) is 38.2 Å². The van der Waals surface area contributed by atoms with Crippen molar-refractivity contribution in [3.05, 3.63) is 53.3 Å². The largest absolute Gasteiger partial charge is 0.298 e. The molecule has 5 heteroatoms. The summed E-state index contributed by atoms with van der Waals surface area (Å²) in [5.41, 5.74) is 11.2. The first-order chi connectivity index (χ1) is 13.2. The molecule has 0 aliphatic carbocycles. The van der Waals surface area contributed by atoms with E-state index in [-0.39, 0.29) is 0 Å². The Morgan fingerprint density at radius 1 is 1.19 bits per heavy atom. The molecule has 1 aromatic carbocycles. The second kappa shape index (κ2) is 8.55. The zero-order valence-electron chi connectivity index (χ0n) is 16.7. The molecule has 2 aliphatic rings. The second-order valence-corrected chi connectivity index (χ2v) is 8.22. The summed E-state index contributed by atoms with van der Waals surface area (Å²) >= 11 is 0. The molecular formula is C22H33N5. The van der Waals surface area contributed by atoms with Crippen LogP contribution in [-0.2, 0) is 19.5 Å². The monoisotopic (exact) mass is 367 g/mol. The number of benzene rings is 1. The van der Waals surface area contributed by atoms with Crippen LogP contribution in [0.2, 0.25) is 0 Å². The average Bonchev–Trinajstić information content (AvgIpc) is 3.24. The molecule has 2 aromatic rings. The summed E-state index contributed by atoms with van der Waals surface area (Å²) in [6, 6.07) is 12.0.